The fourth-order valence-electron chi connectivity index (χ4n) is 8.41. The minimum absolute atomic E-state index is 0.00199. The van der Waals surface area contributed by atoms with E-state index < -0.39 is 18.1 Å². The van der Waals surface area contributed by atoms with Crippen LogP contribution in [0.2, 0.25) is 10.0 Å². The quantitative estimate of drug-likeness (QED) is 0.233. The normalized spacial score (nSPS) is 23.8. The molecule has 0 aliphatic carbocycles. The number of carbonyl (C=O) groups excluding carboxylic acids is 2. The summed E-state index contributed by atoms with van der Waals surface area (Å²) in [6, 6.07) is 18.0. The zero-order valence-corrected chi connectivity index (χ0v) is 40.2. The van der Waals surface area contributed by atoms with Crippen LogP contribution in [-0.2, 0) is 41.3 Å². The third kappa shape index (κ3) is 17.0. The highest BCUT2D eigenvalue weighted by atomic mass is 35.5. The van der Waals surface area contributed by atoms with Crippen molar-refractivity contribution in [2.24, 2.45) is 0 Å². The molecule has 356 valence electrons. The molecule has 4 heterocycles. The number of amides is 1. The van der Waals surface area contributed by atoms with Crippen molar-refractivity contribution in [3.05, 3.63) is 69.7 Å². The molecule has 0 bridgehead atoms. The summed E-state index contributed by atoms with van der Waals surface area (Å²) in [6.45, 7) is 20.9. The molecule has 2 aromatic carbocycles. The van der Waals surface area contributed by atoms with E-state index in [-0.39, 0.29) is 35.5 Å². The van der Waals surface area contributed by atoms with Gasteiger partial charge in [-0.15, -0.1) is 0 Å². The van der Waals surface area contributed by atoms with Crippen molar-refractivity contribution in [1.82, 2.24) is 20.0 Å². The number of hydrogen-bond acceptors (Lipinski definition) is 10. The standard InChI is InChI=1S/C25H39ClN2O4.C20H31ClN2O2.C2HF3O/c1-24(2,3)32-23(29)27-13-11-20(12-14-27)28-16-22(25(4,5)30-6)31-17-21(28)15-18-7-9-19(26)10-8-18;1-20(2,24-3)19-13-23(17-8-10-22-11-9-17)18(14-25-19)12-15-4-6-16(21)7-5-15;3-2(4,5)1-6/h7-10,20-22H,11-17H2,1-6H3;4-7,17-19,22H,8-14H2,1-3H3;1H/t21?,22-;18?,19-;/m11./s1. The lowest BCUT2D eigenvalue weighted by molar-refractivity contribution is -0.166. The van der Waals surface area contributed by atoms with Crippen LogP contribution in [0.4, 0.5) is 18.0 Å². The Morgan fingerprint density at radius 3 is 1.44 bits per heavy atom. The Labute approximate surface area is 383 Å². The second kappa shape index (κ2) is 23.8. The van der Waals surface area contributed by atoms with Crippen LogP contribution in [0.3, 0.4) is 0 Å². The van der Waals surface area contributed by atoms with Gasteiger partial charge in [-0.2, -0.15) is 13.2 Å². The molecule has 4 atom stereocenters. The molecule has 6 rings (SSSR count). The van der Waals surface area contributed by atoms with E-state index in [2.05, 4.69) is 67.1 Å². The number of piperidine rings is 2. The largest absolute Gasteiger partial charge is 0.446 e. The summed E-state index contributed by atoms with van der Waals surface area (Å²) in [5.41, 5.74) is 1.47. The van der Waals surface area contributed by atoms with Gasteiger partial charge in [-0.05, 0) is 135 Å². The third-order valence-electron chi connectivity index (χ3n) is 12.5. The lowest BCUT2D eigenvalue weighted by atomic mass is 9.92. The minimum Gasteiger partial charge on any atom is -0.444 e. The van der Waals surface area contributed by atoms with Crippen LogP contribution in [0.5, 0.6) is 0 Å². The van der Waals surface area contributed by atoms with Crippen LogP contribution in [0.25, 0.3) is 0 Å². The Morgan fingerprint density at radius 1 is 0.714 bits per heavy atom. The first-order valence-corrected chi connectivity index (χ1v) is 22.8. The molecule has 63 heavy (non-hydrogen) atoms. The van der Waals surface area contributed by atoms with E-state index in [1.807, 2.05) is 49.9 Å². The molecule has 4 fully saturated rings. The first-order chi connectivity index (χ1) is 29.5. The highest BCUT2D eigenvalue weighted by Crippen LogP contribution is 2.31. The number of alkyl halides is 3. The summed E-state index contributed by atoms with van der Waals surface area (Å²) in [7, 11) is 3.52. The Balaban J connectivity index is 0.000000250. The molecular weight excluding hydrogens is 860 g/mol. The van der Waals surface area contributed by atoms with Crippen LogP contribution >= 0.6 is 23.2 Å². The topological polar surface area (TPSA) is 102 Å². The van der Waals surface area contributed by atoms with Crippen molar-refractivity contribution in [3.8, 4) is 0 Å². The molecule has 1 N–H and O–H groups in total. The number of ether oxygens (including phenoxy) is 5. The van der Waals surface area contributed by atoms with Gasteiger partial charge in [0.2, 0.25) is 6.29 Å². The number of nitrogens with one attached hydrogen (secondary N) is 1. The summed E-state index contributed by atoms with van der Waals surface area (Å²) in [6.07, 6.45) is 0.361. The van der Waals surface area contributed by atoms with Crippen molar-refractivity contribution < 1.29 is 46.4 Å². The van der Waals surface area contributed by atoms with Gasteiger partial charge in [0.25, 0.3) is 0 Å². The fraction of sp³-hybridized carbons (Fsp3) is 0.702. The Morgan fingerprint density at radius 2 is 1.10 bits per heavy atom. The monoisotopic (exact) mass is 930 g/mol. The number of carbonyl (C=O) groups is 2. The fourth-order valence-corrected chi connectivity index (χ4v) is 8.67. The average Bonchev–Trinajstić information content (AvgIpc) is 3.25. The first kappa shape index (κ1) is 53.1. The minimum atomic E-state index is -4.64. The van der Waals surface area contributed by atoms with Gasteiger partial charge < -0.3 is 33.9 Å². The molecule has 4 aliphatic rings. The predicted molar refractivity (Wildman–Crippen MR) is 242 cm³/mol. The van der Waals surface area contributed by atoms with Crippen LogP contribution in [0.1, 0.15) is 85.3 Å². The molecule has 0 radical (unpaired) electrons. The van der Waals surface area contributed by atoms with Crippen LogP contribution < -0.4 is 5.32 Å². The molecule has 16 heteroatoms. The number of methoxy groups -OCH3 is 2. The van der Waals surface area contributed by atoms with E-state index in [4.69, 9.17) is 51.7 Å². The number of rotatable bonds is 10. The third-order valence-corrected chi connectivity index (χ3v) is 13.0. The molecule has 4 aliphatic heterocycles. The highest BCUT2D eigenvalue weighted by Gasteiger charge is 2.43. The summed E-state index contributed by atoms with van der Waals surface area (Å²) in [5, 5.41) is 5.02. The highest BCUT2D eigenvalue weighted by molar-refractivity contribution is 6.30. The van der Waals surface area contributed by atoms with Gasteiger partial charge >= 0.3 is 12.3 Å². The van der Waals surface area contributed by atoms with E-state index in [1.54, 1.807) is 14.2 Å². The van der Waals surface area contributed by atoms with E-state index in [0.717, 1.165) is 68.5 Å². The lowest BCUT2D eigenvalue weighted by Gasteiger charge is -2.49. The number of hydrogen-bond donors (Lipinski definition) is 1. The molecular formula is C47H71Cl2F3N4O7. The van der Waals surface area contributed by atoms with Crippen molar-refractivity contribution in [2.75, 3.05) is 66.7 Å². The number of nitrogens with zero attached hydrogens (tertiary/aromatic N) is 3. The van der Waals surface area contributed by atoms with Gasteiger partial charge in [0.05, 0.1) is 36.6 Å². The van der Waals surface area contributed by atoms with E-state index >= 15 is 0 Å². The SMILES string of the molecule is COC(C)(C)[C@H]1CN(C2CCN(C(=O)OC(C)(C)C)CC2)C(Cc2ccc(Cl)cc2)CO1.COC(C)(C)[C@H]1CN(C2CCNCC2)C(Cc2ccc(Cl)cc2)CO1.O=CC(F)(F)F. The van der Waals surface area contributed by atoms with Crippen molar-refractivity contribution in [3.63, 3.8) is 0 Å². The maximum atomic E-state index is 12.5. The first-order valence-electron chi connectivity index (χ1n) is 22.1. The van der Waals surface area contributed by atoms with Crippen molar-refractivity contribution in [2.45, 2.75) is 146 Å². The Kier molecular flexibility index (Phi) is 20.0. The van der Waals surface area contributed by atoms with E-state index in [9.17, 15) is 18.0 Å². The summed E-state index contributed by atoms with van der Waals surface area (Å²) < 4.78 is 60.8. The van der Waals surface area contributed by atoms with Crippen LogP contribution in [0, 0.1) is 0 Å². The summed E-state index contributed by atoms with van der Waals surface area (Å²) in [5.74, 6) is 0. The number of likely N-dealkylation sites (tertiary alicyclic amines) is 1. The van der Waals surface area contributed by atoms with E-state index in [1.165, 1.54) is 24.0 Å². The van der Waals surface area contributed by atoms with Gasteiger partial charge in [-0.1, -0.05) is 47.5 Å². The second-order valence-corrected chi connectivity index (χ2v) is 19.8. The molecule has 4 saturated heterocycles. The second-order valence-electron chi connectivity index (χ2n) is 19.0. The number of aldehydes is 1. The molecule has 1 amide bonds. The summed E-state index contributed by atoms with van der Waals surface area (Å²) >= 11 is 12.1. The molecule has 0 aromatic heterocycles. The van der Waals surface area contributed by atoms with Gasteiger partial charge in [0.15, 0.2) is 0 Å². The molecule has 11 nitrogen and oxygen atoms in total. The van der Waals surface area contributed by atoms with Crippen LogP contribution in [0.15, 0.2) is 48.5 Å². The molecule has 2 unspecified atom stereocenters. The molecule has 0 spiro atoms. The summed E-state index contributed by atoms with van der Waals surface area (Å²) in [4.78, 5) is 28.3. The average molecular weight is 932 g/mol. The molecule has 0 saturated carbocycles. The smallest absolute Gasteiger partial charge is 0.444 e. The molecule has 2 aromatic rings. The predicted octanol–water partition coefficient (Wildman–Crippen LogP) is 8.65. The van der Waals surface area contributed by atoms with Gasteiger partial charge in [-0.25, -0.2) is 4.79 Å². The lowest BCUT2D eigenvalue weighted by Crippen LogP contribution is -2.61. The number of halogens is 5. The zero-order chi connectivity index (χ0) is 46.6. The number of benzene rings is 2. The van der Waals surface area contributed by atoms with E-state index in [0.29, 0.717) is 37.8 Å². The van der Waals surface area contributed by atoms with Crippen LogP contribution in [-0.4, -0.2) is 153 Å². The Bertz CT molecular complexity index is 1680. The maximum Gasteiger partial charge on any atom is 0.446 e. The van der Waals surface area contributed by atoms with Gasteiger partial charge in [0, 0.05) is 74.6 Å². The van der Waals surface area contributed by atoms with Gasteiger partial charge in [-0.3, -0.25) is 14.6 Å². The number of morpholine rings is 2. The Hall–Kier alpha value is -2.53. The maximum absolute atomic E-state index is 12.5. The van der Waals surface area contributed by atoms with Gasteiger partial charge in [0.1, 0.15) is 5.60 Å². The zero-order valence-electron chi connectivity index (χ0n) is 38.6. The van der Waals surface area contributed by atoms with Crippen molar-refractivity contribution >= 4 is 35.6 Å². The van der Waals surface area contributed by atoms with Crippen molar-refractivity contribution in [1.29, 1.82) is 0 Å².